The van der Waals surface area contributed by atoms with E-state index in [1.54, 1.807) is 24.3 Å². The standard InChI is InChI=1S/C22H27N3O3/c1-22(2,3)17-9-4-15(5-10-17)6-13-20(27)25-18-11-7-16(8-12-18)21(28)24-14-19(23)26/h4-5,7-12H,6,13-14H2,1-3H3,(H2,23,26)(H,24,28)(H,25,27). The van der Waals surface area contributed by atoms with E-state index in [0.29, 0.717) is 24.1 Å². The molecule has 0 atom stereocenters. The van der Waals surface area contributed by atoms with Crippen LogP contribution in [0.15, 0.2) is 48.5 Å². The van der Waals surface area contributed by atoms with Crippen LogP contribution in [0.1, 0.15) is 48.7 Å². The van der Waals surface area contributed by atoms with E-state index in [2.05, 4.69) is 55.7 Å². The molecule has 0 unspecified atom stereocenters. The molecular weight excluding hydrogens is 354 g/mol. The summed E-state index contributed by atoms with van der Waals surface area (Å²) in [6.45, 7) is 6.29. The molecule has 6 heteroatoms. The lowest BCUT2D eigenvalue weighted by atomic mass is 9.86. The second-order valence-corrected chi connectivity index (χ2v) is 7.72. The Hall–Kier alpha value is -3.15. The van der Waals surface area contributed by atoms with Gasteiger partial charge in [-0.2, -0.15) is 0 Å². The largest absolute Gasteiger partial charge is 0.368 e. The Kier molecular flexibility index (Phi) is 6.93. The third kappa shape index (κ3) is 6.54. The van der Waals surface area contributed by atoms with Gasteiger partial charge in [0.2, 0.25) is 11.8 Å². The van der Waals surface area contributed by atoms with Crippen LogP contribution in [0.25, 0.3) is 0 Å². The molecule has 2 aromatic carbocycles. The Labute approximate surface area is 165 Å². The van der Waals surface area contributed by atoms with E-state index in [9.17, 15) is 14.4 Å². The van der Waals surface area contributed by atoms with Crippen molar-refractivity contribution in [2.24, 2.45) is 5.73 Å². The summed E-state index contributed by atoms with van der Waals surface area (Å²) in [6.07, 6.45) is 1.03. The van der Waals surface area contributed by atoms with Gasteiger partial charge in [0.25, 0.3) is 5.91 Å². The molecule has 6 nitrogen and oxygen atoms in total. The van der Waals surface area contributed by atoms with Crippen LogP contribution < -0.4 is 16.4 Å². The summed E-state index contributed by atoms with van der Waals surface area (Å²) in [5.41, 5.74) is 8.48. The number of amides is 3. The minimum absolute atomic E-state index is 0.0918. The third-order valence-electron chi connectivity index (χ3n) is 4.31. The molecule has 0 aliphatic rings. The highest BCUT2D eigenvalue weighted by Gasteiger charge is 2.13. The van der Waals surface area contributed by atoms with Crippen molar-refractivity contribution in [3.8, 4) is 0 Å². The fourth-order valence-corrected chi connectivity index (χ4v) is 2.63. The molecule has 148 valence electrons. The van der Waals surface area contributed by atoms with Gasteiger partial charge >= 0.3 is 0 Å². The molecule has 0 fully saturated rings. The Morgan fingerprint density at radius 1 is 0.929 bits per heavy atom. The quantitative estimate of drug-likeness (QED) is 0.687. The van der Waals surface area contributed by atoms with E-state index in [0.717, 1.165) is 5.56 Å². The number of primary amides is 1. The molecule has 0 aliphatic carbocycles. The number of hydrogen-bond donors (Lipinski definition) is 3. The number of benzene rings is 2. The maximum absolute atomic E-state index is 12.2. The van der Waals surface area contributed by atoms with E-state index < -0.39 is 11.8 Å². The number of carbonyl (C=O) groups excluding carboxylic acids is 3. The highest BCUT2D eigenvalue weighted by molar-refractivity contribution is 5.97. The van der Waals surface area contributed by atoms with Gasteiger partial charge in [-0.15, -0.1) is 0 Å². The van der Waals surface area contributed by atoms with Crippen LogP contribution in [0.4, 0.5) is 5.69 Å². The van der Waals surface area contributed by atoms with E-state index in [1.807, 2.05) is 0 Å². The van der Waals surface area contributed by atoms with Gasteiger partial charge in [-0.3, -0.25) is 14.4 Å². The van der Waals surface area contributed by atoms with E-state index in [-0.39, 0.29) is 17.9 Å². The van der Waals surface area contributed by atoms with Crippen LogP contribution in [0.2, 0.25) is 0 Å². The van der Waals surface area contributed by atoms with E-state index >= 15 is 0 Å². The highest BCUT2D eigenvalue weighted by Crippen LogP contribution is 2.22. The topological polar surface area (TPSA) is 101 Å². The summed E-state index contributed by atoms with van der Waals surface area (Å²) in [5.74, 6) is -1.09. The smallest absolute Gasteiger partial charge is 0.251 e. The monoisotopic (exact) mass is 381 g/mol. The average Bonchev–Trinajstić information content (AvgIpc) is 2.64. The second kappa shape index (κ2) is 9.17. The number of nitrogens with two attached hydrogens (primary N) is 1. The predicted molar refractivity (Wildman–Crippen MR) is 110 cm³/mol. The van der Waals surface area contributed by atoms with Crippen molar-refractivity contribution in [2.45, 2.75) is 39.0 Å². The molecule has 2 rings (SSSR count). The second-order valence-electron chi connectivity index (χ2n) is 7.72. The van der Waals surface area contributed by atoms with Gasteiger partial charge in [0, 0.05) is 17.7 Å². The third-order valence-corrected chi connectivity index (χ3v) is 4.31. The zero-order valence-electron chi connectivity index (χ0n) is 16.5. The van der Waals surface area contributed by atoms with Gasteiger partial charge in [-0.1, -0.05) is 45.0 Å². The summed E-state index contributed by atoms with van der Waals surface area (Å²) in [7, 11) is 0. The maximum atomic E-state index is 12.2. The Bertz CT molecular complexity index is 835. The summed E-state index contributed by atoms with van der Waals surface area (Å²) >= 11 is 0. The number of carbonyl (C=O) groups is 3. The fraction of sp³-hybridized carbons (Fsp3) is 0.318. The zero-order chi connectivity index (χ0) is 20.7. The van der Waals surface area contributed by atoms with Crippen LogP contribution in [0.3, 0.4) is 0 Å². The lowest BCUT2D eigenvalue weighted by Crippen LogP contribution is -2.33. The molecule has 0 aliphatic heterocycles. The van der Waals surface area contributed by atoms with Gasteiger partial charge in [-0.25, -0.2) is 0 Å². The molecular formula is C22H27N3O3. The number of hydrogen-bond acceptors (Lipinski definition) is 3. The summed E-state index contributed by atoms with van der Waals surface area (Å²) < 4.78 is 0. The van der Waals surface area contributed by atoms with Gasteiger partial charge < -0.3 is 16.4 Å². The van der Waals surface area contributed by atoms with Crippen molar-refractivity contribution in [2.75, 3.05) is 11.9 Å². The molecule has 0 saturated carbocycles. The van der Waals surface area contributed by atoms with Gasteiger partial charge in [-0.05, 0) is 47.2 Å². The van der Waals surface area contributed by atoms with Crippen LogP contribution in [-0.2, 0) is 21.4 Å². The lowest BCUT2D eigenvalue weighted by molar-refractivity contribution is -0.117. The summed E-state index contributed by atoms with van der Waals surface area (Å²) in [5, 5.41) is 5.23. The first-order valence-corrected chi connectivity index (χ1v) is 9.21. The first-order valence-electron chi connectivity index (χ1n) is 9.21. The maximum Gasteiger partial charge on any atom is 0.251 e. The van der Waals surface area contributed by atoms with Crippen molar-refractivity contribution in [3.63, 3.8) is 0 Å². The minimum atomic E-state index is -0.606. The first kappa shape index (κ1) is 21.2. The Morgan fingerprint density at radius 2 is 1.54 bits per heavy atom. The molecule has 0 radical (unpaired) electrons. The predicted octanol–water partition coefficient (Wildman–Crippen LogP) is 2.77. The van der Waals surface area contributed by atoms with Gasteiger partial charge in [0.1, 0.15) is 0 Å². The summed E-state index contributed by atoms with van der Waals surface area (Å²) in [4.78, 5) is 34.7. The van der Waals surface area contributed by atoms with Crippen molar-refractivity contribution < 1.29 is 14.4 Å². The van der Waals surface area contributed by atoms with E-state index in [1.165, 1.54) is 5.56 Å². The lowest BCUT2D eigenvalue weighted by Gasteiger charge is -2.19. The number of aryl methyl sites for hydroxylation is 1. The van der Waals surface area contributed by atoms with Crippen LogP contribution in [-0.4, -0.2) is 24.3 Å². The molecule has 0 saturated heterocycles. The fourth-order valence-electron chi connectivity index (χ4n) is 2.63. The van der Waals surface area contributed by atoms with Gasteiger partial charge in [0.05, 0.1) is 6.54 Å². The van der Waals surface area contributed by atoms with Crippen molar-refractivity contribution in [1.29, 1.82) is 0 Å². The first-order chi connectivity index (χ1) is 13.1. The zero-order valence-corrected chi connectivity index (χ0v) is 16.5. The molecule has 3 amide bonds. The van der Waals surface area contributed by atoms with Crippen molar-refractivity contribution >= 4 is 23.4 Å². The van der Waals surface area contributed by atoms with Crippen LogP contribution in [0.5, 0.6) is 0 Å². The molecule has 2 aromatic rings. The molecule has 28 heavy (non-hydrogen) atoms. The SMILES string of the molecule is CC(C)(C)c1ccc(CCC(=O)Nc2ccc(C(=O)NCC(N)=O)cc2)cc1. The van der Waals surface area contributed by atoms with E-state index in [4.69, 9.17) is 5.73 Å². The minimum Gasteiger partial charge on any atom is -0.368 e. The van der Waals surface area contributed by atoms with Gasteiger partial charge in [0.15, 0.2) is 0 Å². The number of anilines is 1. The molecule has 0 aromatic heterocycles. The van der Waals surface area contributed by atoms with Crippen LogP contribution in [0, 0.1) is 0 Å². The average molecular weight is 381 g/mol. The summed E-state index contributed by atoms with van der Waals surface area (Å²) in [6, 6.07) is 14.8. The molecule has 4 N–H and O–H groups in total. The van der Waals surface area contributed by atoms with Crippen LogP contribution >= 0.6 is 0 Å². The number of nitrogens with one attached hydrogen (secondary N) is 2. The molecule has 0 heterocycles. The molecule has 0 bridgehead atoms. The van der Waals surface area contributed by atoms with Crippen molar-refractivity contribution in [3.05, 3.63) is 65.2 Å². The Morgan fingerprint density at radius 3 is 2.07 bits per heavy atom. The van der Waals surface area contributed by atoms with Crippen molar-refractivity contribution in [1.82, 2.24) is 5.32 Å². The normalized spacial score (nSPS) is 11.0. The molecule has 0 spiro atoms. The Balaban J connectivity index is 1.84. The number of rotatable bonds is 7. The highest BCUT2D eigenvalue weighted by atomic mass is 16.2.